The summed E-state index contributed by atoms with van der Waals surface area (Å²) in [6.45, 7) is 5.48. The molecule has 2 aromatic rings. The van der Waals surface area contributed by atoms with Crippen molar-refractivity contribution in [2.45, 2.75) is 56.9 Å². The SMILES string of the molecule is C=CC(N)(N)c1cccc(OCC(=O)CC(C)[C@@H]2[C@H]3CC(=O)O[C@H]3C[C@H]2OC(=O)c2ccc(C3=CCCC=C3)cc2)c1. The molecule has 5 rings (SSSR count). The minimum atomic E-state index is -1.21. The fraction of sp³-hybridized carbons (Fsp3) is 0.382. The molecular weight excluding hydrogens is 532 g/mol. The molecule has 2 aromatic carbocycles. The average molecular weight is 571 g/mol. The van der Waals surface area contributed by atoms with Crippen LogP contribution in [-0.2, 0) is 24.7 Å². The minimum absolute atomic E-state index is 0.107. The van der Waals surface area contributed by atoms with E-state index in [4.69, 9.17) is 25.7 Å². The highest BCUT2D eigenvalue weighted by Crippen LogP contribution is 2.47. The van der Waals surface area contributed by atoms with Gasteiger partial charge in [0, 0.05) is 24.7 Å². The highest BCUT2D eigenvalue weighted by Gasteiger charge is 2.53. The number of rotatable bonds is 11. The van der Waals surface area contributed by atoms with E-state index in [-0.39, 0.29) is 55.1 Å². The highest BCUT2D eigenvalue weighted by atomic mass is 16.6. The molecule has 0 radical (unpaired) electrons. The van der Waals surface area contributed by atoms with Crippen LogP contribution >= 0.6 is 0 Å². The Morgan fingerprint density at radius 3 is 2.67 bits per heavy atom. The lowest BCUT2D eigenvalue weighted by molar-refractivity contribution is -0.141. The molecule has 220 valence electrons. The summed E-state index contributed by atoms with van der Waals surface area (Å²) in [5.74, 6) is -0.777. The molecule has 0 amide bonds. The van der Waals surface area contributed by atoms with Gasteiger partial charge in [-0.25, -0.2) is 4.79 Å². The quantitative estimate of drug-likeness (QED) is 0.223. The van der Waals surface area contributed by atoms with Crippen molar-refractivity contribution in [2.24, 2.45) is 29.2 Å². The van der Waals surface area contributed by atoms with E-state index in [1.165, 1.54) is 6.08 Å². The fourth-order valence-electron chi connectivity index (χ4n) is 6.33. The van der Waals surface area contributed by atoms with Crippen molar-refractivity contribution < 1.29 is 28.6 Å². The second kappa shape index (κ2) is 12.5. The third-order valence-corrected chi connectivity index (χ3v) is 8.54. The Morgan fingerprint density at radius 2 is 1.95 bits per heavy atom. The molecule has 1 saturated heterocycles. The van der Waals surface area contributed by atoms with Gasteiger partial charge in [0.25, 0.3) is 0 Å². The van der Waals surface area contributed by atoms with Gasteiger partial charge in [0.2, 0.25) is 0 Å². The molecule has 2 aliphatic carbocycles. The van der Waals surface area contributed by atoms with Crippen molar-refractivity contribution in [3.63, 3.8) is 0 Å². The molecule has 42 heavy (non-hydrogen) atoms. The van der Waals surface area contributed by atoms with Crippen LogP contribution < -0.4 is 16.2 Å². The van der Waals surface area contributed by atoms with Gasteiger partial charge < -0.3 is 25.7 Å². The fourth-order valence-corrected chi connectivity index (χ4v) is 6.33. The molecule has 1 unspecified atom stereocenters. The molecular formula is C34H38N2O6. The molecule has 0 aromatic heterocycles. The second-order valence-corrected chi connectivity index (χ2v) is 11.5. The number of esters is 2. The van der Waals surface area contributed by atoms with Crippen molar-refractivity contribution in [3.05, 3.63) is 96.1 Å². The largest absolute Gasteiger partial charge is 0.486 e. The third kappa shape index (κ3) is 6.55. The Labute approximate surface area is 246 Å². The van der Waals surface area contributed by atoms with E-state index in [9.17, 15) is 14.4 Å². The zero-order chi connectivity index (χ0) is 29.9. The summed E-state index contributed by atoms with van der Waals surface area (Å²) in [5.41, 5.74) is 14.1. The maximum absolute atomic E-state index is 13.2. The van der Waals surface area contributed by atoms with Gasteiger partial charge in [-0.05, 0) is 59.7 Å². The summed E-state index contributed by atoms with van der Waals surface area (Å²) < 4.78 is 17.3. The zero-order valence-electron chi connectivity index (χ0n) is 23.9. The number of ether oxygens (including phenoxy) is 3. The number of carbonyl (C=O) groups excluding carboxylic acids is 3. The summed E-state index contributed by atoms with van der Waals surface area (Å²) >= 11 is 0. The Bertz CT molecular complexity index is 1410. The van der Waals surface area contributed by atoms with Crippen molar-refractivity contribution in [3.8, 4) is 5.75 Å². The molecule has 8 heteroatoms. The minimum Gasteiger partial charge on any atom is -0.486 e. The molecule has 1 heterocycles. The Hall–Kier alpha value is -4.01. The molecule has 5 atom stereocenters. The van der Waals surface area contributed by atoms with E-state index in [0.717, 1.165) is 24.0 Å². The Kier molecular flexibility index (Phi) is 8.75. The first-order chi connectivity index (χ1) is 20.1. The van der Waals surface area contributed by atoms with Crippen molar-refractivity contribution in [1.82, 2.24) is 0 Å². The topological polar surface area (TPSA) is 131 Å². The summed E-state index contributed by atoms with van der Waals surface area (Å²) in [4.78, 5) is 38.2. The maximum Gasteiger partial charge on any atom is 0.338 e. The van der Waals surface area contributed by atoms with Crippen LogP contribution in [0.5, 0.6) is 5.75 Å². The molecule has 1 saturated carbocycles. The molecule has 0 spiro atoms. The number of ketones is 1. The van der Waals surface area contributed by atoms with E-state index in [2.05, 4.69) is 24.8 Å². The lowest BCUT2D eigenvalue weighted by Gasteiger charge is -2.28. The van der Waals surface area contributed by atoms with Crippen LogP contribution in [0.4, 0.5) is 0 Å². The Balaban J connectivity index is 1.22. The van der Waals surface area contributed by atoms with E-state index < -0.39 is 17.7 Å². The molecule has 4 N–H and O–H groups in total. The summed E-state index contributed by atoms with van der Waals surface area (Å²) in [6, 6.07) is 14.3. The van der Waals surface area contributed by atoms with Crippen LogP contribution in [0.2, 0.25) is 0 Å². The van der Waals surface area contributed by atoms with Crippen LogP contribution in [0.15, 0.2) is 79.4 Å². The summed E-state index contributed by atoms with van der Waals surface area (Å²) in [5, 5.41) is 0. The zero-order valence-corrected chi connectivity index (χ0v) is 23.9. The van der Waals surface area contributed by atoms with E-state index in [1.54, 1.807) is 36.4 Å². The van der Waals surface area contributed by atoms with Gasteiger partial charge in [-0.15, -0.1) is 0 Å². The highest BCUT2D eigenvalue weighted by molar-refractivity contribution is 5.90. The van der Waals surface area contributed by atoms with Crippen LogP contribution in [-0.4, -0.2) is 36.5 Å². The first-order valence-electron chi connectivity index (χ1n) is 14.5. The average Bonchev–Trinajstić information content (AvgIpc) is 3.51. The molecule has 2 fully saturated rings. The number of Topliss-reactive ketones (excluding diaryl/α,β-unsaturated/α-hetero) is 1. The number of hydrogen-bond donors (Lipinski definition) is 2. The van der Waals surface area contributed by atoms with Crippen molar-refractivity contribution in [1.29, 1.82) is 0 Å². The first kappa shape index (κ1) is 29.5. The lowest BCUT2D eigenvalue weighted by atomic mass is 9.80. The monoisotopic (exact) mass is 570 g/mol. The van der Waals surface area contributed by atoms with Gasteiger partial charge in [0.15, 0.2) is 5.78 Å². The standard InChI is InChI=1S/C34H38N2O6/c1-3-34(35,36)25-10-7-11-27(17-25)40-20-26(37)16-21(2)32-28-18-31(38)41-29(28)19-30(32)42-33(39)24-14-12-23(13-15-24)22-8-5-4-6-9-22/h3,5,7-15,17,21,28-30,32H,1,4,6,16,18-20,35-36H2,2H3/t21?,28-,29-,30+,32+/m0/s1. The van der Waals surface area contributed by atoms with E-state index in [0.29, 0.717) is 23.3 Å². The van der Waals surface area contributed by atoms with Gasteiger partial charge in [-0.1, -0.05) is 62.1 Å². The Morgan fingerprint density at radius 1 is 1.17 bits per heavy atom. The summed E-state index contributed by atoms with van der Waals surface area (Å²) in [6.07, 6.45) is 10.0. The van der Waals surface area contributed by atoms with Gasteiger partial charge in [-0.2, -0.15) is 0 Å². The van der Waals surface area contributed by atoms with Gasteiger partial charge in [-0.3, -0.25) is 9.59 Å². The molecule has 0 bridgehead atoms. The molecule has 8 nitrogen and oxygen atoms in total. The number of nitrogens with two attached hydrogens (primary N) is 2. The molecule has 3 aliphatic rings. The predicted octanol–water partition coefficient (Wildman–Crippen LogP) is 4.83. The predicted molar refractivity (Wildman–Crippen MR) is 159 cm³/mol. The van der Waals surface area contributed by atoms with E-state index >= 15 is 0 Å². The van der Waals surface area contributed by atoms with Crippen LogP contribution in [0.25, 0.3) is 5.57 Å². The number of hydrogen-bond acceptors (Lipinski definition) is 8. The summed E-state index contributed by atoms with van der Waals surface area (Å²) in [7, 11) is 0. The van der Waals surface area contributed by atoms with Gasteiger partial charge in [0.1, 0.15) is 30.2 Å². The molecule has 1 aliphatic heterocycles. The van der Waals surface area contributed by atoms with Crippen molar-refractivity contribution >= 4 is 23.3 Å². The van der Waals surface area contributed by atoms with Gasteiger partial charge >= 0.3 is 11.9 Å². The van der Waals surface area contributed by atoms with Crippen molar-refractivity contribution in [2.75, 3.05) is 6.61 Å². The third-order valence-electron chi connectivity index (χ3n) is 8.54. The van der Waals surface area contributed by atoms with E-state index in [1.807, 2.05) is 19.1 Å². The maximum atomic E-state index is 13.2. The van der Waals surface area contributed by atoms with Gasteiger partial charge in [0.05, 0.1) is 12.0 Å². The van der Waals surface area contributed by atoms with Crippen LogP contribution in [0, 0.1) is 17.8 Å². The first-order valence-corrected chi connectivity index (χ1v) is 14.5. The normalized spacial score (nSPS) is 23.9. The van der Waals surface area contributed by atoms with Crippen LogP contribution in [0.1, 0.15) is 60.5 Å². The smallest absolute Gasteiger partial charge is 0.338 e. The number of benzene rings is 2. The number of allylic oxidation sites excluding steroid dienone is 4. The number of carbonyl (C=O) groups is 3. The number of fused-ring (bicyclic) bond motifs is 1. The lowest BCUT2D eigenvalue weighted by Crippen LogP contribution is -2.43. The van der Waals surface area contributed by atoms with Crippen LogP contribution in [0.3, 0.4) is 0 Å². The second-order valence-electron chi connectivity index (χ2n) is 11.5.